The molecule has 4 unspecified atom stereocenters. The minimum atomic E-state index is -4.73. The van der Waals surface area contributed by atoms with Crippen molar-refractivity contribution < 1.29 is 36.9 Å². The molecule has 2 aromatic carbocycles. The molecule has 1 aliphatic heterocycles. The van der Waals surface area contributed by atoms with E-state index in [1.54, 1.807) is 30.3 Å². The van der Waals surface area contributed by atoms with E-state index in [2.05, 4.69) is 0 Å². The first kappa shape index (κ1) is 22.3. The van der Waals surface area contributed by atoms with Gasteiger partial charge in [0.2, 0.25) is 6.29 Å². The molecule has 162 valence electrons. The van der Waals surface area contributed by atoms with E-state index in [0.717, 1.165) is 18.1 Å². The van der Waals surface area contributed by atoms with E-state index in [4.69, 9.17) is 18.9 Å². The monoisotopic (exact) mass is 424 g/mol. The molecule has 0 spiro atoms. The van der Waals surface area contributed by atoms with Crippen LogP contribution in [0.5, 0.6) is 0 Å². The summed E-state index contributed by atoms with van der Waals surface area (Å²) in [6.45, 7) is 1.17. The van der Waals surface area contributed by atoms with Crippen LogP contribution in [-0.2, 0) is 37.0 Å². The number of esters is 1. The van der Waals surface area contributed by atoms with E-state index >= 15 is 0 Å². The average Bonchev–Trinajstić information content (AvgIpc) is 2.71. The second-order valence-electron chi connectivity index (χ2n) is 6.97. The predicted molar refractivity (Wildman–Crippen MR) is 101 cm³/mol. The van der Waals surface area contributed by atoms with Gasteiger partial charge in [0.05, 0.1) is 19.3 Å². The minimum Gasteiger partial charge on any atom is -0.436 e. The Morgan fingerprint density at radius 1 is 0.967 bits per heavy atom. The summed E-state index contributed by atoms with van der Waals surface area (Å²) < 4.78 is 62.7. The van der Waals surface area contributed by atoms with Crippen molar-refractivity contribution in [3.63, 3.8) is 0 Å². The Morgan fingerprint density at radius 2 is 1.50 bits per heavy atom. The predicted octanol–water partition coefficient (Wildman–Crippen LogP) is 4.40. The molecule has 0 radical (unpaired) electrons. The molecule has 0 N–H and O–H groups in total. The van der Waals surface area contributed by atoms with Crippen LogP contribution in [0, 0.1) is 0 Å². The Hall–Kier alpha value is -2.42. The molecule has 0 aliphatic carbocycles. The third kappa shape index (κ3) is 6.29. The van der Waals surface area contributed by atoms with E-state index in [-0.39, 0.29) is 19.6 Å². The molecule has 5 nitrogen and oxygen atoms in total. The zero-order chi connectivity index (χ0) is 21.6. The summed E-state index contributed by atoms with van der Waals surface area (Å²) in [6, 6.07) is 17.9. The highest BCUT2D eigenvalue weighted by molar-refractivity contribution is 5.66. The van der Waals surface area contributed by atoms with Gasteiger partial charge in [0, 0.05) is 13.3 Å². The van der Waals surface area contributed by atoms with Crippen LogP contribution in [0.3, 0.4) is 0 Å². The van der Waals surface area contributed by atoms with Gasteiger partial charge < -0.3 is 18.9 Å². The van der Waals surface area contributed by atoms with Gasteiger partial charge in [-0.05, 0) is 11.1 Å². The van der Waals surface area contributed by atoms with Gasteiger partial charge in [-0.2, -0.15) is 13.2 Å². The van der Waals surface area contributed by atoms with E-state index in [1.807, 2.05) is 30.3 Å². The lowest BCUT2D eigenvalue weighted by Crippen LogP contribution is -2.57. The van der Waals surface area contributed by atoms with Crippen molar-refractivity contribution in [2.45, 2.75) is 57.3 Å². The molecule has 1 saturated heterocycles. The number of benzene rings is 2. The van der Waals surface area contributed by atoms with Crippen molar-refractivity contribution in [1.82, 2.24) is 0 Å². The van der Waals surface area contributed by atoms with Gasteiger partial charge in [-0.25, -0.2) is 0 Å². The first-order valence-corrected chi connectivity index (χ1v) is 9.53. The lowest BCUT2D eigenvalue weighted by Gasteiger charge is -2.41. The van der Waals surface area contributed by atoms with Crippen molar-refractivity contribution in [2.75, 3.05) is 0 Å². The Balaban J connectivity index is 1.79. The SMILES string of the molecule is CC(=O)OC1CC(OCc2ccccc2)C(OCc2ccccc2)C(C(F)(F)F)O1. The number of rotatable bonds is 7. The lowest BCUT2D eigenvalue weighted by molar-refractivity contribution is -0.333. The second-order valence-corrected chi connectivity index (χ2v) is 6.97. The summed E-state index contributed by atoms with van der Waals surface area (Å²) >= 11 is 0. The van der Waals surface area contributed by atoms with E-state index in [9.17, 15) is 18.0 Å². The number of hydrogen-bond donors (Lipinski definition) is 0. The van der Waals surface area contributed by atoms with Crippen LogP contribution in [0.25, 0.3) is 0 Å². The molecular weight excluding hydrogens is 401 g/mol. The van der Waals surface area contributed by atoms with Gasteiger partial charge in [0.1, 0.15) is 6.10 Å². The molecule has 2 aromatic rings. The fourth-order valence-corrected chi connectivity index (χ4v) is 3.24. The third-order valence-electron chi connectivity index (χ3n) is 4.60. The fourth-order valence-electron chi connectivity index (χ4n) is 3.24. The summed E-state index contributed by atoms with van der Waals surface area (Å²) in [7, 11) is 0. The summed E-state index contributed by atoms with van der Waals surface area (Å²) in [4.78, 5) is 11.3. The smallest absolute Gasteiger partial charge is 0.417 e. The average molecular weight is 424 g/mol. The largest absolute Gasteiger partial charge is 0.436 e. The molecule has 1 aliphatic rings. The van der Waals surface area contributed by atoms with Crippen LogP contribution in [0.4, 0.5) is 13.2 Å². The zero-order valence-corrected chi connectivity index (χ0v) is 16.4. The van der Waals surface area contributed by atoms with Gasteiger partial charge in [0.15, 0.2) is 6.10 Å². The Kier molecular flexibility index (Phi) is 7.47. The van der Waals surface area contributed by atoms with Crippen LogP contribution >= 0.6 is 0 Å². The number of carbonyl (C=O) groups is 1. The summed E-state index contributed by atoms with van der Waals surface area (Å²) in [5, 5.41) is 0. The van der Waals surface area contributed by atoms with Gasteiger partial charge in [-0.3, -0.25) is 4.79 Å². The highest BCUT2D eigenvalue weighted by atomic mass is 19.4. The van der Waals surface area contributed by atoms with E-state index in [1.165, 1.54) is 0 Å². The minimum absolute atomic E-state index is 0.0368. The molecule has 0 amide bonds. The first-order chi connectivity index (χ1) is 14.3. The molecular formula is C22H23F3O5. The molecule has 4 atom stereocenters. The molecule has 8 heteroatoms. The number of hydrogen-bond acceptors (Lipinski definition) is 5. The lowest BCUT2D eigenvalue weighted by atomic mass is 10.00. The van der Waals surface area contributed by atoms with E-state index < -0.39 is 36.7 Å². The zero-order valence-electron chi connectivity index (χ0n) is 16.4. The maximum Gasteiger partial charge on any atom is 0.417 e. The van der Waals surface area contributed by atoms with Crippen LogP contribution in [0.15, 0.2) is 60.7 Å². The Labute approximate surface area is 172 Å². The van der Waals surface area contributed by atoms with Gasteiger partial charge in [-0.1, -0.05) is 60.7 Å². The van der Waals surface area contributed by atoms with Crippen molar-refractivity contribution in [3.8, 4) is 0 Å². The molecule has 0 aromatic heterocycles. The maximum atomic E-state index is 13.8. The number of alkyl halides is 3. The van der Waals surface area contributed by atoms with Crippen molar-refractivity contribution in [2.24, 2.45) is 0 Å². The number of halogens is 3. The topological polar surface area (TPSA) is 54.0 Å². The third-order valence-corrected chi connectivity index (χ3v) is 4.60. The molecule has 0 saturated carbocycles. The highest BCUT2D eigenvalue weighted by Gasteiger charge is 2.54. The summed E-state index contributed by atoms with van der Waals surface area (Å²) in [5.74, 6) is -0.730. The first-order valence-electron chi connectivity index (χ1n) is 9.53. The van der Waals surface area contributed by atoms with E-state index in [0.29, 0.717) is 0 Å². The van der Waals surface area contributed by atoms with Crippen molar-refractivity contribution in [1.29, 1.82) is 0 Å². The molecule has 1 heterocycles. The molecule has 1 fully saturated rings. The molecule has 30 heavy (non-hydrogen) atoms. The van der Waals surface area contributed by atoms with Crippen LogP contribution in [0.2, 0.25) is 0 Å². The Bertz CT molecular complexity index is 797. The van der Waals surface area contributed by atoms with Gasteiger partial charge in [-0.15, -0.1) is 0 Å². The Morgan fingerprint density at radius 3 is 2.00 bits per heavy atom. The quantitative estimate of drug-likeness (QED) is 0.617. The number of carbonyl (C=O) groups excluding carboxylic acids is 1. The molecule has 3 rings (SSSR count). The normalized spacial score (nSPS) is 24.4. The molecule has 0 bridgehead atoms. The highest BCUT2D eigenvalue weighted by Crippen LogP contribution is 2.36. The van der Waals surface area contributed by atoms with Crippen LogP contribution in [0.1, 0.15) is 24.5 Å². The summed E-state index contributed by atoms with van der Waals surface area (Å²) in [6.07, 6.45) is -10.9. The van der Waals surface area contributed by atoms with Gasteiger partial charge in [0.25, 0.3) is 0 Å². The second kappa shape index (κ2) is 10.1. The number of ether oxygens (including phenoxy) is 4. The van der Waals surface area contributed by atoms with Crippen molar-refractivity contribution >= 4 is 5.97 Å². The van der Waals surface area contributed by atoms with Crippen LogP contribution < -0.4 is 0 Å². The standard InChI is InChI=1S/C22H23F3O5/c1-15(26)29-19-12-18(27-13-16-8-4-2-5-9-16)20(21(30-19)22(23,24)25)28-14-17-10-6-3-7-11-17/h2-11,18-21H,12-14H2,1H3. The fraction of sp³-hybridized carbons (Fsp3) is 0.409. The van der Waals surface area contributed by atoms with Crippen LogP contribution in [-0.4, -0.2) is 36.7 Å². The van der Waals surface area contributed by atoms with Gasteiger partial charge >= 0.3 is 12.1 Å². The maximum absolute atomic E-state index is 13.8. The van der Waals surface area contributed by atoms with Crippen molar-refractivity contribution in [3.05, 3.63) is 71.8 Å². The summed E-state index contributed by atoms with van der Waals surface area (Å²) in [5.41, 5.74) is 1.53.